The molecular weight excluding hydrogens is 388 g/mol. The molecule has 0 saturated carbocycles. The number of amides is 2. The number of hydrogen-bond acceptors (Lipinski definition) is 6. The summed E-state index contributed by atoms with van der Waals surface area (Å²) >= 11 is 0. The van der Waals surface area contributed by atoms with Crippen molar-refractivity contribution < 1.29 is 28.6 Å². The fourth-order valence-electron chi connectivity index (χ4n) is 3.08. The highest BCUT2D eigenvalue weighted by molar-refractivity contribution is 5.85. The van der Waals surface area contributed by atoms with Crippen molar-refractivity contribution in [2.75, 3.05) is 19.7 Å². The summed E-state index contributed by atoms with van der Waals surface area (Å²) in [5.41, 5.74) is 0.335. The van der Waals surface area contributed by atoms with E-state index in [-0.39, 0.29) is 25.2 Å². The van der Waals surface area contributed by atoms with Crippen molar-refractivity contribution in [3.8, 4) is 0 Å². The van der Waals surface area contributed by atoms with Gasteiger partial charge in [0.2, 0.25) is 5.91 Å². The van der Waals surface area contributed by atoms with Crippen molar-refractivity contribution in [3.05, 3.63) is 35.9 Å². The Bertz CT molecular complexity index is 708. The van der Waals surface area contributed by atoms with E-state index in [0.29, 0.717) is 25.9 Å². The highest BCUT2D eigenvalue weighted by atomic mass is 16.6. The van der Waals surface area contributed by atoms with E-state index in [0.717, 1.165) is 5.56 Å². The number of nitrogens with one attached hydrogen (secondary N) is 1. The average molecular weight is 421 g/mol. The smallest absolute Gasteiger partial charge is 0.408 e. The second-order valence-electron chi connectivity index (χ2n) is 8.35. The van der Waals surface area contributed by atoms with Crippen LogP contribution in [0.1, 0.15) is 46.1 Å². The lowest BCUT2D eigenvalue weighted by Crippen LogP contribution is -2.50. The first-order valence-corrected chi connectivity index (χ1v) is 10.2. The Balaban J connectivity index is 1.67. The third-order valence-corrected chi connectivity index (χ3v) is 4.53. The topological polar surface area (TPSA) is 94.2 Å². The molecule has 8 heteroatoms. The number of carbonyl (C=O) groups excluding carboxylic acids is 3. The highest BCUT2D eigenvalue weighted by Gasteiger charge is 2.28. The molecule has 0 unspecified atom stereocenters. The standard InChI is InChI=1S/C22H32N2O6/c1-16(23-21(27)29-14-17-8-6-5-7-9-17)20(26)24-12-10-18(11-13-24)28-15-19(25)30-22(2,3)4/h5-9,16,18H,10-15H2,1-4H3,(H,23,27)/t16-/m1/s1. The molecule has 1 aromatic carbocycles. The van der Waals surface area contributed by atoms with Gasteiger partial charge in [0.25, 0.3) is 0 Å². The zero-order chi connectivity index (χ0) is 22.1. The Hall–Kier alpha value is -2.61. The monoisotopic (exact) mass is 420 g/mol. The van der Waals surface area contributed by atoms with Crippen molar-refractivity contribution in [2.24, 2.45) is 0 Å². The molecule has 1 N–H and O–H groups in total. The number of alkyl carbamates (subject to hydrolysis) is 1. The molecule has 0 spiro atoms. The lowest BCUT2D eigenvalue weighted by molar-refractivity contribution is -0.163. The maximum Gasteiger partial charge on any atom is 0.408 e. The molecule has 1 aliphatic rings. The first-order valence-electron chi connectivity index (χ1n) is 10.2. The number of hydrogen-bond donors (Lipinski definition) is 1. The SMILES string of the molecule is C[C@@H](NC(=O)OCc1ccccc1)C(=O)N1CCC(OCC(=O)OC(C)(C)C)CC1. The van der Waals surface area contributed by atoms with E-state index < -0.39 is 23.7 Å². The Kier molecular flexibility index (Phi) is 8.65. The van der Waals surface area contributed by atoms with Crippen LogP contribution in [0.5, 0.6) is 0 Å². The predicted octanol–water partition coefficient (Wildman–Crippen LogP) is 2.65. The van der Waals surface area contributed by atoms with E-state index >= 15 is 0 Å². The molecule has 1 aliphatic heterocycles. The van der Waals surface area contributed by atoms with Gasteiger partial charge in [-0.3, -0.25) is 4.79 Å². The lowest BCUT2D eigenvalue weighted by atomic mass is 10.1. The van der Waals surface area contributed by atoms with E-state index in [1.807, 2.05) is 51.1 Å². The van der Waals surface area contributed by atoms with Gasteiger partial charge in [0.1, 0.15) is 24.9 Å². The maximum atomic E-state index is 12.6. The van der Waals surface area contributed by atoms with Crippen LogP contribution < -0.4 is 5.32 Å². The molecule has 2 rings (SSSR count). The minimum absolute atomic E-state index is 0.0961. The van der Waals surface area contributed by atoms with Gasteiger partial charge in [0, 0.05) is 13.1 Å². The predicted molar refractivity (Wildman–Crippen MR) is 111 cm³/mol. The van der Waals surface area contributed by atoms with Gasteiger partial charge in [-0.1, -0.05) is 30.3 Å². The van der Waals surface area contributed by atoms with Crippen molar-refractivity contribution in [2.45, 2.75) is 64.9 Å². The minimum Gasteiger partial charge on any atom is -0.458 e. The fourth-order valence-corrected chi connectivity index (χ4v) is 3.08. The van der Waals surface area contributed by atoms with Gasteiger partial charge in [0.15, 0.2) is 0 Å². The largest absolute Gasteiger partial charge is 0.458 e. The molecule has 0 aromatic heterocycles. The molecule has 0 bridgehead atoms. The number of rotatable bonds is 7. The molecule has 1 atom stereocenters. The normalized spacial score (nSPS) is 15.9. The van der Waals surface area contributed by atoms with Crippen LogP contribution in [0.3, 0.4) is 0 Å². The minimum atomic E-state index is -0.687. The van der Waals surface area contributed by atoms with Crippen LogP contribution in [0, 0.1) is 0 Å². The molecular formula is C22H32N2O6. The molecule has 2 amide bonds. The molecule has 1 saturated heterocycles. The molecule has 0 radical (unpaired) electrons. The Morgan fingerprint density at radius 1 is 1.13 bits per heavy atom. The number of carbonyl (C=O) groups is 3. The van der Waals surface area contributed by atoms with E-state index in [1.165, 1.54) is 0 Å². The molecule has 0 aliphatic carbocycles. The zero-order valence-corrected chi connectivity index (χ0v) is 18.2. The van der Waals surface area contributed by atoms with Crippen LogP contribution in [0.4, 0.5) is 4.79 Å². The molecule has 166 valence electrons. The van der Waals surface area contributed by atoms with Gasteiger partial charge in [-0.15, -0.1) is 0 Å². The molecule has 8 nitrogen and oxygen atoms in total. The molecule has 1 fully saturated rings. The number of likely N-dealkylation sites (tertiary alicyclic amines) is 1. The first kappa shape index (κ1) is 23.7. The van der Waals surface area contributed by atoms with Gasteiger partial charge < -0.3 is 24.4 Å². The van der Waals surface area contributed by atoms with E-state index in [1.54, 1.807) is 11.8 Å². The van der Waals surface area contributed by atoms with Gasteiger partial charge in [0.05, 0.1) is 6.10 Å². The average Bonchev–Trinajstić information content (AvgIpc) is 2.70. The van der Waals surface area contributed by atoms with E-state index in [9.17, 15) is 14.4 Å². The van der Waals surface area contributed by atoms with Gasteiger partial charge >= 0.3 is 12.1 Å². The summed E-state index contributed by atoms with van der Waals surface area (Å²) in [5, 5.41) is 2.58. The second kappa shape index (κ2) is 11.0. The Morgan fingerprint density at radius 3 is 2.37 bits per heavy atom. The highest BCUT2D eigenvalue weighted by Crippen LogP contribution is 2.15. The van der Waals surface area contributed by atoms with Crippen molar-refractivity contribution >= 4 is 18.0 Å². The fraction of sp³-hybridized carbons (Fsp3) is 0.591. The summed E-state index contributed by atoms with van der Waals surface area (Å²) in [4.78, 5) is 38.0. The summed E-state index contributed by atoms with van der Waals surface area (Å²) in [6, 6.07) is 8.64. The summed E-state index contributed by atoms with van der Waals surface area (Å²) in [6.07, 6.45) is 0.523. The second-order valence-corrected chi connectivity index (χ2v) is 8.35. The molecule has 1 heterocycles. The van der Waals surface area contributed by atoms with Crippen molar-refractivity contribution in [3.63, 3.8) is 0 Å². The van der Waals surface area contributed by atoms with Gasteiger partial charge in [-0.2, -0.15) is 0 Å². The van der Waals surface area contributed by atoms with Gasteiger partial charge in [-0.25, -0.2) is 9.59 Å². The van der Waals surface area contributed by atoms with Gasteiger partial charge in [-0.05, 0) is 46.1 Å². The maximum absolute atomic E-state index is 12.6. The first-order chi connectivity index (χ1) is 14.1. The lowest BCUT2D eigenvalue weighted by Gasteiger charge is -2.33. The van der Waals surface area contributed by atoms with Crippen LogP contribution in [-0.2, 0) is 30.4 Å². The third kappa shape index (κ3) is 8.41. The van der Waals surface area contributed by atoms with E-state index in [4.69, 9.17) is 14.2 Å². The number of nitrogens with zero attached hydrogens (tertiary/aromatic N) is 1. The molecule has 30 heavy (non-hydrogen) atoms. The zero-order valence-electron chi connectivity index (χ0n) is 18.2. The number of piperidine rings is 1. The van der Waals surface area contributed by atoms with E-state index in [2.05, 4.69) is 5.32 Å². The van der Waals surface area contributed by atoms with Crippen LogP contribution in [0.25, 0.3) is 0 Å². The summed E-state index contributed by atoms with van der Waals surface area (Å²) in [7, 11) is 0. The third-order valence-electron chi connectivity index (χ3n) is 4.53. The summed E-state index contributed by atoms with van der Waals surface area (Å²) < 4.78 is 16.0. The number of ether oxygens (including phenoxy) is 3. The Morgan fingerprint density at radius 2 is 1.77 bits per heavy atom. The quantitative estimate of drug-likeness (QED) is 0.682. The number of benzene rings is 1. The molecule has 1 aromatic rings. The van der Waals surface area contributed by atoms with Crippen molar-refractivity contribution in [1.29, 1.82) is 0 Å². The van der Waals surface area contributed by atoms with Crippen LogP contribution in [-0.4, -0.2) is 60.3 Å². The van der Waals surface area contributed by atoms with Crippen LogP contribution in [0.15, 0.2) is 30.3 Å². The van der Waals surface area contributed by atoms with Crippen LogP contribution in [0.2, 0.25) is 0 Å². The van der Waals surface area contributed by atoms with Crippen molar-refractivity contribution in [1.82, 2.24) is 10.2 Å². The summed E-state index contributed by atoms with van der Waals surface area (Å²) in [6.45, 7) is 8.11. The number of esters is 1. The summed E-state index contributed by atoms with van der Waals surface area (Å²) in [5.74, 6) is -0.565. The van der Waals surface area contributed by atoms with Crippen LogP contribution >= 0.6 is 0 Å². The Labute approximate surface area is 177 Å².